The first-order valence-electron chi connectivity index (χ1n) is 7.97. The normalized spacial score (nSPS) is 17.1. The van der Waals surface area contributed by atoms with E-state index in [2.05, 4.69) is 59.2 Å². The van der Waals surface area contributed by atoms with Crippen molar-refractivity contribution < 1.29 is 0 Å². The highest BCUT2D eigenvalue weighted by Crippen LogP contribution is 2.26. The van der Waals surface area contributed by atoms with Crippen molar-refractivity contribution >= 4 is 17.2 Å². The van der Waals surface area contributed by atoms with E-state index in [-0.39, 0.29) is 0 Å². The van der Waals surface area contributed by atoms with Crippen molar-refractivity contribution in [2.75, 3.05) is 50.5 Å². The molecule has 1 aliphatic rings. The van der Waals surface area contributed by atoms with Crippen LogP contribution in [0.15, 0.2) is 23.2 Å². The zero-order valence-corrected chi connectivity index (χ0v) is 13.8. The third-order valence-electron chi connectivity index (χ3n) is 4.20. The fraction of sp³-hybridized carbons (Fsp3) is 0.588. The Balaban J connectivity index is 2.16. The molecule has 0 aliphatic carbocycles. The second-order valence-corrected chi connectivity index (χ2v) is 5.64. The van der Waals surface area contributed by atoms with Crippen LogP contribution in [0.3, 0.4) is 0 Å². The molecule has 0 saturated carbocycles. The van der Waals surface area contributed by atoms with E-state index in [1.165, 1.54) is 11.3 Å². The van der Waals surface area contributed by atoms with Crippen molar-refractivity contribution in [1.29, 1.82) is 0 Å². The van der Waals surface area contributed by atoms with Gasteiger partial charge in [0.1, 0.15) is 5.84 Å². The van der Waals surface area contributed by atoms with Gasteiger partial charge in [0.25, 0.3) is 0 Å². The molecule has 0 unspecified atom stereocenters. The van der Waals surface area contributed by atoms with Gasteiger partial charge in [0, 0.05) is 51.0 Å². The molecule has 1 aromatic rings. The van der Waals surface area contributed by atoms with E-state index in [0.717, 1.165) is 50.5 Å². The molecule has 1 aromatic carbocycles. The summed E-state index contributed by atoms with van der Waals surface area (Å²) in [5, 5.41) is 3.41. The summed E-state index contributed by atoms with van der Waals surface area (Å²) in [5.41, 5.74) is 3.95. The zero-order valence-electron chi connectivity index (χ0n) is 13.8. The van der Waals surface area contributed by atoms with Crippen LogP contribution in [0.2, 0.25) is 0 Å². The lowest BCUT2D eigenvalue weighted by atomic mass is 10.1. The number of amidine groups is 1. The zero-order chi connectivity index (χ0) is 15.2. The van der Waals surface area contributed by atoms with Gasteiger partial charge in [-0.15, -0.1) is 0 Å². The van der Waals surface area contributed by atoms with Crippen LogP contribution in [-0.2, 0) is 6.42 Å². The van der Waals surface area contributed by atoms with Crippen molar-refractivity contribution in [2.24, 2.45) is 4.99 Å². The van der Waals surface area contributed by atoms with Gasteiger partial charge in [-0.1, -0.05) is 13.8 Å². The molecule has 21 heavy (non-hydrogen) atoms. The average molecular weight is 288 g/mol. The summed E-state index contributed by atoms with van der Waals surface area (Å²) < 4.78 is 0. The Kier molecular flexibility index (Phi) is 5.62. The van der Waals surface area contributed by atoms with Crippen molar-refractivity contribution in [3.63, 3.8) is 0 Å². The Hall–Kier alpha value is -1.55. The second kappa shape index (κ2) is 7.46. The predicted octanol–water partition coefficient (Wildman–Crippen LogP) is 2.85. The summed E-state index contributed by atoms with van der Waals surface area (Å²) in [7, 11) is 4.03. The molecule has 0 amide bonds. The Morgan fingerprint density at radius 3 is 2.48 bits per heavy atom. The maximum Gasteiger partial charge on any atom is 0.100 e. The van der Waals surface area contributed by atoms with Gasteiger partial charge in [-0.05, 0) is 37.2 Å². The van der Waals surface area contributed by atoms with Crippen LogP contribution in [0.5, 0.6) is 0 Å². The van der Waals surface area contributed by atoms with E-state index in [1.807, 2.05) is 7.05 Å². The topological polar surface area (TPSA) is 30.9 Å². The summed E-state index contributed by atoms with van der Waals surface area (Å²) in [6.07, 6.45) is 1.99. The van der Waals surface area contributed by atoms with Gasteiger partial charge in [0.15, 0.2) is 0 Å². The van der Waals surface area contributed by atoms with Crippen molar-refractivity contribution in [3.8, 4) is 0 Å². The number of hydrogen-bond donors (Lipinski definition) is 1. The highest BCUT2D eigenvalue weighted by atomic mass is 15.2. The smallest absolute Gasteiger partial charge is 0.100 e. The molecule has 0 bridgehead atoms. The first kappa shape index (κ1) is 15.8. The summed E-state index contributed by atoms with van der Waals surface area (Å²) in [5.74, 6) is 1.03. The highest BCUT2D eigenvalue weighted by Gasteiger charge is 2.16. The van der Waals surface area contributed by atoms with Crippen LogP contribution in [0.4, 0.5) is 11.4 Å². The van der Waals surface area contributed by atoms with E-state index in [0.29, 0.717) is 0 Å². The minimum absolute atomic E-state index is 0.929. The molecule has 1 N–H and O–H groups in total. The molecule has 1 heterocycles. The second-order valence-electron chi connectivity index (χ2n) is 5.64. The number of nitrogens with zero attached hydrogens (tertiary/aromatic N) is 3. The van der Waals surface area contributed by atoms with Crippen molar-refractivity contribution in [3.05, 3.63) is 23.8 Å². The summed E-state index contributed by atoms with van der Waals surface area (Å²) >= 11 is 0. The van der Waals surface area contributed by atoms with Crippen LogP contribution in [-0.4, -0.2) is 51.0 Å². The fourth-order valence-corrected chi connectivity index (χ4v) is 2.77. The molecule has 0 atom stereocenters. The van der Waals surface area contributed by atoms with Crippen LogP contribution in [0.1, 0.15) is 25.8 Å². The molecular formula is C17H28N4. The van der Waals surface area contributed by atoms with Gasteiger partial charge in [-0.3, -0.25) is 4.99 Å². The molecule has 4 heteroatoms. The predicted molar refractivity (Wildman–Crippen MR) is 92.8 cm³/mol. The number of benzene rings is 1. The summed E-state index contributed by atoms with van der Waals surface area (Å²) in [6, 6.07) is 6.71. The molecule has 1 fully saturated rings. The number of anilines is 2. The van der Waals surface area contributed by atoms with Crippen LogP contribution >= 0.6 is 0 Å². The van der Waals surface area contributed by atoms with E-state index >= 15 is 0 Å². The Bertz CT molecular complexity index is 488. The number of rotatable bonds is 4. The fourth-order valence-electron chi connectivity index (χ4n) is 2.77. The number of nitrogens with one attached hydrogen (secondary N) is 1. The van der Waals surface area contributed by atoms with E-state index in [1.54, 1.807) is 0 Å². The van der Waals surface area contributed by atoms with Gasteiger partial charge in [-0.2, -0.15) is 0 Å². The highest BCUT2D eigenvalue weighted by molar-refractivity contribution is 5.95. The van der Waals surface area contributed by atoms with E-state index < -0.39 is 0 Å². The molecule has 1 aliphatic heterocycles. The minimum atomic E-state index is 0.929. The number of aryl methyl sites for hydroxylation is 1. The Labute approximate surface area is 128 Å². The average Bonchev–Trinajstić information content (AvgIpc) is 2.53. The molecule has 116 valence electrons. The molecule has 0 radical (unpaired) electrons. The first-order valence-corrected chi connectivity index (χ1v) is 7.97. The van der Waals surface area contributed by atoms with Crippen molar-refractivity contribution in [2.45, 2.75) is 26.7 Å². The summed E-state index contributed by atoms with van der Waals surface area (Å²) in [4.78, 5) is 9.17. The quantitative estimate of drug-likeness (QED) is 0.683. The number of likely N-dealkylation sites (N-methyl/N-ethyl adjacent to an activating group) is 1. The van der Waals surface area contributed by atoms with Crippen LogP contribution in [0.25, 0.3) is 0 Å². The van der Waals surface area contributed by atoms with Gasteiger partial charge in [0.05, 0.1) is 0 Å². The van der Waals surface area contributed by atoms with Gasteiger partial charge in [0.2, 0.25) is 0 Å². The molecular weight excluding hydrogens is 260 g/mol. The maximum absolute atomic E-state index is 4.27. The third-order valence-corrected chi connectivity index (χ3v) is 4.20. The lowest BCUT2D eigenvalue weighted by Gasteiger charge is -2.35. The SMILES string of the molecule is CCC(=NC)Nc1ccc(N2CCN(C)CC2)c(CC)c1. The lowest BCUT2D eigenvalue weighted by Crippen LogP contribution is -2.44. The van der Waals surface area contributed by atoms with Gasteiger partial charge < -0.3 is 15.1 Å². The third kappa shape index (κ3) is 3.97. The molecule has 0 spiro atoms. The lowest BCUT2D eigenvalue weighted by molar-refractivity contribution is 0.312. The summed E-state index contributed by atoms with van der Waals surface area (Å²) in [6.45, 7) is 8.87. The largest absolute Gasteiger partial charge is 0.369 e. The monoisotopic (exact) mass is 288 g/mol. The molecule has 0 aromatic heterocycles. The maximum atomic E-state index is 4.27. The number of piperazine rings is 1. The number of hydrogen-bond acceptors (Lipinski definition) is 3. The molecule has 1 saturated heterocycles. The van der Waals surface area contributed by atoms with E-state index in [4.69, 9.17) is 0 Å². The van der Waals surface area contributed by atoms with Gasteiger partial charge >= 0.3 is 0 Å². The van der Waals surface area contributed by atoms with Crippen LogP contribution in [0, 0.1) is 0 Å². The standard InChI is InChI=1S/C17H28N4/c1-5-14-13-15(19-17(6-2)18-3)7-8-16(14)21-11-9-20(4)10-12-21/h7-8,13H,5-6,9-12H2,1-4H3,(H,18,19). The Morgan fingerprint density at radius 1 is 1.19 bits per heavy atom. The minimum Gasteiger partial charge on any atom is -0.369 e. The number of aliphatic imine (C=N–C) groups is 1. The molecule has 2 rings (SSSR count). The Morgan fingerprint density at radius 2 is 1.90 bits per heavy atom. The van der Waals surface area contributed by atoms with Gasteiger partial charge in [-0.25, -0.2) is 0 Å². The van der Waals surface area contributed by atoms with Crippen LogP contribution < -0.4 is 10.2 Å². The van der Waals surface area contributed by atoms with E-state index in [9.17, 15) is 0 Å². The van der Waals surface area contributed by atoms with Crippen molar-refractivity contribution in [1.82, 2.24) is 4.90 Å². The molecule has 4 nitrogen and oxygen atoms in total. The first-order chi connectivity index (χ1) is 10.2.